The molecule has 5 heteroatoms. The predicted molar refractivity (Wildman–Crippen MR) is 110 cm³/mol. The van der Waals surface area contributed by atoms with Gasteiger partial charge >= 0.3 is 0 Å². The number of imidazole rings is 1. The summed E-state index contributed by atoms with van der Waals surface area (Å²) in [6.07, 6.45) is 3.52. The van der Waals surface area contributed by atoms with E-state index in [2.05, 4.69) is 9.97 Å². The molecule has 0 atom stereocenters. The number of aromatic nitrogens is 3. The lowest BCUT2D eigenvalue weighted by Crippen LogP contribution is -2.00. The number of aromatic amines is 1. The zero-order chi connectivity index (χ0) is 18.8. The van der Waals surface area contributed by atoms with Crippen molar-refractivity contribution in [2.45, 2.75) is 6.92 Å². The molecule has 0 aliphatic rings. The van der Waals surface area contributed by atoms with Gasteiger partial charge in [-0.25, -0.2) is 4.98 Å². The van der Waals surface area contributed by atoms with Gasteiger partial charge in [0.25, 0.3) is 0 Å². The Hall–Kier alpha value is -3.73. The summed E-state index contributed by atoms with van der Waals surface area (Å²) in [5.74, 6) is 0.794. The Balaban J connectivity index is 1.93. The highest BCUT2D eigenvalue weighted by Crippen LogP contribution is 2.34. The molecule has 2 aromatic heterocycles. The van der Waals surface area contributed by atoms with Crippen LogP contribution >= 0.6 is 0 Å². The maximum atomic E-state index is 7.98. The van der Waals surface area contributed by atoms with Crippen molar-refractivity contribution in [3.63, 3.8) is 0 Å². The van der Waals surface area contributed by atoms with Gasteiger partial charge in [-0.2, -0.15) is 0 Å². The summed E-state index contributed by atoms with van der Waals surface area (Å²) >= 11 is 0. The average Bonchev–Trinajstić information content (AvgIpc) is 3.15. The van der Waals surface area contributed by atoms with E-state index in [-0.39, 0.29) is 0 Å². The number of benzene rings is 2. The highest BCUT2D eigenvalue weighted by Gasteiger charge is 2.16. The van der Waals surface area contributed by atoms with Crippen LogP contribution < -0.4 is 5.73 Å². The Morgan fingerprint density at radius 1 is 0.926 bits per heavy atom. The highest BCUT2D eigenvalue weighted by atomic mass is 14.9. The van der Waals surface area contributed by atoms with Crippen molar-refractivity contribution >= 4 is 11.4 Å². The van der Waals surface area contributed by atoms with E-state index in [9.17, 15) is 0 Å². The molecule has 0 aliphatic heterocycles. The summed E-state index contributed by atoms with van der Waals surface area (Å²) in [7, 11) is 0. The first-order valence-electron chi connectivity index (χ1n) is 8.65. The first kappa shape index (κ1) is 16.7. The molecule has 4 aromatic rings. The van der Waals surface area contributed by atoms with Gasteiger partial charge in [-0.15, -0.1) is 0 Å². The van der Waals surface area contributed by atoms with Gasteiger partial charge in [0.15, 0.2) is 0 Å². The lowest BCUT2D eigenvalue weighted by Gasteiger charge is -2.08. The van der Waals surface area contributed by atoms with E-state index in [1.54, 1.807) is 19.3 Å². The third-order valence-electron chi connectivity index (χ3n) is 4.45. The molecule has 0 saturated carbocycles. The summed E-state index contributed by atoms with van der Waals surface area (Å²) in [6.45, 7) is 1.74. The fourth-order valence-corrected chi connectivity index (χ4v) is 3.07. The van der Waals surface area contributed by atoms with Gasteiger partial charge in [-0.1, -0.05) is 36.4 Å². The first-order chi connectivity index (χ1) is 13.1. The average molecular weight is 353 g/mol. The number of nitrogen functional groups attached to an aromatic ring is 1. The molecule has 0 bridgehead atoms. The minimum atomic E-state index is 0.429. The monoisotopic (exact) mass is 353 g/mol. The van der Waals surface area contributed by atoms with Crippen molar-refractivity contribution in [3.05, 3.63) is 78.6 Å². The van der Waals surface area contributed by atoms with Crippen LogP contribution in [0.2, 0.25) is 0 Å². The highest BCUT2D eigenvalue weighted by molar-refractivity contribution is 6.02. The lowest BCUT2D eigenvalue weighted by atomic mass is 10.0. The van der Waals surface area contributed by atoms with Gasteiger partial charge in [0.1, 0.15) is 5.82 Å². The Morgan fingerprint density at radius 3 is 2.37 bits per heavy atom. The third-order valence-corrected chi connectivity index (χ3v) is 4.45. The van der Waals surface area contributed by atoms with Crippen LogP contribution in [0.4, 0.5) is 5.69 Å². The molecule has 0 amide bonds. The van der Waals surface area contributed by atoms with Gasteiger partial charge in [0.2, 0.25) is 0 Å². The summed E-state index contributed by atoms with van der Waals surface area (Å²) in [5.41, 5.74) is 12.4. The molecule has 0 fully saturated rings. The van der Waals surface area contributed by atoms with E-state index < -0.39 is 0 Å². The van der Waals surface area contributed by atoms with Gasteiger partial charge in [-0.05, 0) is 31.2 Å². The number of nitrogens with one attached hydrogen (secondary N) is 2. The van der Waals surface area contributed by atoms with Crippen molar-refractivity contribution in [1.29, 1.82) is 5.41 Å². The number of nitrogens with zero attached hydrogens (tertiary/aromatic N) is 2. The minimum Gasteiger partial charge on any atom is -0.398 e. The molecule has 0 saturated heterocycles. The standard InChI is InChI=1S/C22H19N5/c1-14(23)18-13-17(7-8-19(18)24)21-20(15-9-11-25-12-10-15)26-22(27-21)16-5-3-2-4-6-16/h2-13,23H,24H2,1H3,(H,26,27). The number of anilines is 1. The van der Waals surface area contributed by atoms with Crippen LogP contribution in [0.25, 0.3) is 33.9 Å². The summed E-state index contributed by atoms with van der Waals surface area (Å²) < 4.78 is 0. The predicted octanol–water partition coefficient (Wildman–Crippen LogP) is 4.78. The smallest absolute Gasteiger partial charge is 0.138 e. The quantitative estimate of drug-likeness (QED) is 0.364. The molecule has 0 aliphatic carbocycles. The van der Waals surface area contributed by atoms with E-state index in [4.69, 9.17) is 16.1 Å². The van der Waals surface area contributed by atoms with Crippen LogP contribution in [0.5, 0.6) is 0 Å². The molecular formula is C22H19N5. The van der Waals surface area contributed by atoms with Gasteiger partial charge < -0.3 is 16.1 Å². The normalized spacial score (nSPS) is 10.7. The second-order valence-corrected chi connectivity index (χ2v) is 6.34. The van der Waals surface area contributed by atoms with Crippen molar-refractivity contribution in [1.82, 2.24) is 15.0 Å². The number of nitrogens with two attached hydrogens (primary N) is 1. The Kier molecular flexibility index (Phi) is 4.26. The van der Waals surface area contributed by atoms with E-state index in [0.717, 1.165) is 39.5 Å². The molecule has 132 valence electrons. The first-order valence-corrected chi connectivity index (χ1v) is 8.65. The van der Waals surface area contributed by atoms with E-state index in [1.165, 1.54) is 0 Å². The molecule has 27 heavy (non-hydrogen) atoms. The van der Waals surface area contributed by atoms with Crippen LogP contribution in [-0.4, -0.2) is 20.7 Å². The molecule has 4 N–H and O–H groups in total. The second kappa shape index (κ2) is 6.88. The number of hydrogen-bond acceptors (Lipinski definition) is 4. The van der Waals surface area contributed by atoms with Gasteiger partial charge in [-0.3, -0.25) is 4.98 Å². The van der Waals surface area contributed by atoms with Crippen LogP contribution in [0.3, 0.4) is 0 Å². The summed E-state index contributed by atoms with van der Waals surface area (Å²) in [4.78, 5) is 12.4. The van der Waals surface area contributed by atoms with E-state index in [0.29, 0.717) is 11.4 Å². The van der Waals surface area contributed by atoms with E-state index in [1.807, 2.05) is 60.7 Å². The van der Waals surface area contributed by atoms with Gasteiger partial charge in [0.05, 0.1) is 11.4 Å². The Bertz CT molecular complexity index is 1100. The van der Waals surface area contributed by atoms with Crippen LogP contribution in [0, 0.1) is 5.41 Å². The SMILES string of the molecule is CC(=N)c1cc(-c2nc(-c3ccccc3)[nH]c2-c2ccncc2)ccc1N. The van der Waals surface area contributed by atoms with Crippen LogP contribution in [-0.2, 0) is 0 Å². The third kappa shape index (κ3) is 3.22. The second-order valence-electron chi connectivity index (χ2n) is 6.34. The Labute approximate surface area is 157 Å². The molecule has 2 heterocycles. The van der Waals surface area contributed by atoms with Gasteiger partial charge in [0, 0.05) is 46.0 Å². The Morgan fingerprint density at radius 2 is 1.67 bits per heavy atom. The maximum Gasteiger partial charge on any atom is 0.138 e. The van der Waals surface area contributed by atoms with Crippen molar-refractivity contribution in [2.24, 2.45) is 0 Å². The zero-order valence-corrected chi connectivity index (χ0v) is 14.9. The number of hydrogen-bond donors (Lipinski definition) is 3. The number of H-pyrrole nitrogens is 1. The number of rotatable bonds is 4. The van der Waals surface area contributed by atoms with E-state index >= 15 is 0 Å². The zero-order valence-electron chi connectivity index (χ0n) is 14.9. The number of pyridine rings is 1. The molecule has 4 rings (SSSR count). The fourth-order valence-electron chi connectivity index (χ4n) is 3.07. The maximum absolute atomic E-state index is 7.98. The van der Waals surface area contributed by atoms with Crippen molar-refractivity contribution < 1.29 is 0 Å². The summed E-state index contributed by atoms with van der Waals surface area (Å²) in [6, 6.07) is 19.6. The molecule has 0 radical (unpaired) electrons. The topological polar surface area (TPSA) is 91.4 Å². The molecule has 2 aromatic carbocycles. The van der Waals surface area contributed by atoms with Crippen molar-refractivity contribution in [3.8, 4) is 33.9 Å². The largest absolute Gasteiger partial charge is 0.398 e. The summed E-state index contributed by atoms with van der Waals surface area (Å²) in [5, 5.41) is 7.98. The molecule has 0 unspecified atom stereocenters. The van der Waals surface area contributed by atoms with Crippen LogP contribution in [0.15, 0.2) is 73.1 Å². The molecule has 5 nitrogen and oxygen atoms in total. The molecular weight excluding hydrogens is 334 g/mol. The van der Waals surface area contributed by atoms with Crippen LogP contribution in [0.1, 0.15) is 12.5 Å². The van der Waals surface area contributed by atoms with Crippen molar-refractivity contribution in [2.75, 3.05) is 5.73 Å². The lowest BCUT2D eigenvalue weighted by molar-refractivity contribution is 1.30. The minimum absolute atomic E-state index is 0.429. The fraction of sp³-hybridized carbons (Fsp3) is 0.0455. The molecule has 0 spiro atoms.